The lowest BCUT2D eigenvalue weighted by molar-refractivity contribution is -0.384. The predicted molar refractivity (Wildman–Crippen MR) is 66.9 cm³/mol. The Balaban J connectivity index is 2.27. The van der Waals surface area contributed by atoms with Gasteiger partial charge in [0.1, 0.15) is 5.82 Å². The lowest BCUT2D eigenvalue weighted by Gasteiger charge is -2.11. The molecule has 0 saturated carbocycles. The highest BCUT2D eigenvalue weighted by Gasteiger charge is 2.27. The monoisotopic (exact) mass is 283 g/mol. The molecule has 2 atom stereocenters. The molecule has 0 aromatic heterocycles. The van der Waals surface area contributed by atoms with E-state index < -0.39 is 39.8 Å². The largest absolute Gasteiger partial charge is 0.324 e. The van der Waals surface area contributed by atoms with Gasteiger partial charge in [0.15, 0.2) is 11.5 Å². The van der Waals surface area contributed by atoms with Crippen molar-refractivity contribution in [3.8, 4) is 0 Å². The second kappa shape index (κ2) is 5.33. The van der Waals surface area contributed by atoms with Crippen molar-refractivity contribution in [1.82, 2.24) is 0 Å². The maximum atomic E-state index is 13.6. The van der Waals surface area contributed by atoms with Crippen LogP contribution in [-0.2, 0) is 4.79 Å². The molecule has 0 heterocycles. The molecule has 0 radical (unpaired) electrons. The molecular formula is C12H11F2N3O3. The van der Waals surface area contributed by atoms with Crippen LogP contribution in [0.5, 0.6) is 0 Å². The van der Waals surface area contributed by atoms with E-state index in [2.05, 4.69) is 5.32 Å². The molecule has 6 nitrogen and oxygen atoms in total. The van der Waals surface area contributed by atoms with E-state index in [0.29, 0.717) is 18.6 Å². The summed E-state index contributed by atoms with van der Waals surface area (Å²) >= 11 is 0. The van der Waals surface area contributed by atoms with Crippen LogP contribution in [-0.4, -0.2) is 16.9 Å². The lowest BCUT2D eigenvalue weighted by atomic mass is 10.1. The van der Waals surface area contributed by atoms with E-state index in [1.807, 2.05) is 0 Å². The smallest absolute Gasteiger partial charge is 0.298 e. The highest BCUT2D eigenvalue weighted by Crippen LogP contribution is 2.30. The molecule has 20 heavy (non-hydrogen) atoms. The van der Waals surface area contributed by atoms with Crippen molar-refractivity contribution in [2.75, 3.05) is 5.32 Å². The average molecular weight is 283 g/mol. The standard InChI is InChI=1S/C12H11F2N3O3/c13-7-4-9(14)11(10(5-7)17(19)20)16-12(18)6-1-2-8(15)3-6/h1-2,4-6,8H,3,15H2,(H,16,18). The fourth-order valence-corrected chi connectivity index (χ4v) is 1.97. The average Bonchev–Trinajstić information content (AvgIpc) is 2.78. The molecule has 8 heteroatoms. The van der Waals surface area contributed by atoms with Crippen molar-refractivity contribution in [3.63, 3.8) is 0 Å². The molecule has 0 fully saturated rings. The zero-order valence-electron chi connectivity index (χ0n) is 10.2. The van der Waals surface area contributed by atoms with Crippen LogP contribution in [0.3, 0.4) is 0 Å². The molecule has 1 aromatic rings. The number of amides is 1. The van der Waals surface area contributed by atoms with Crippen LogP contribution in [0, 0.1) is 27.7 Å². The fourth-order valence-electron chi connectivity index (χ4n) is 1.97. The minimum absolute atomic E-state index is 0.279. The number of benzene rings is 1. The van der Waals surface area contributed by atoms with Crippen LogP contribution in [0.2, 0.25) is 0 Å². The summed E-state index contributed by atoms with van der Waals surface area (Å²) < 4.78 is 26.6. The van der Waals surface area contributed by atoms with Crippen LogP contribution in [0.25, 0.3) is 0 Å². The molecule has 106 valence electrons. The molecule has 0 bridgehead atoms. The van der Waals surface area contributed by atoms with E-state index in [9.17, 15) is 23.7 Å². The summed E-state index contributed by atoms with van der Waals surface area (Å²) in [6.45, 7) is 0. The number of anilines is 1. The van der Waals surface area contributed by atoms with Gasteiger partial charge < -0.3 is 11.1 Å². The van der Waals surface area contributed by atoms with Crippen molar-refractivity contribution >= 4 is 17.3 Å². The molecule has 2 unspecified atom stereocenters. The molecule has 1 amide bonds. The number of nitrogens with two attached hydrogens (primary N) is 1. The Morgan fingerprint density at radius 2 is 2.10 bits per heavy atom. The van der Waals surface area contributed by atoms with Gasteiger partial charge in [0.05, 0.1) is 16.9 Å². The van der Waals surface area contributed by atoms with Crippen LogP contribution in [0.15, 0.2) is 24.3 Å². The summed E-state index contributed by atoms with van der Waals surface area (Å²) in [6, 6.07) is 0.743. The third-order valence-corrected chi connectivity index (χ3v) is 2.93. The van der Waals surface area contributed by atoms with E-state index >= 15 is 0 Å². The Labute approximate surface area is 112 Å². The van der Waals surface area contributed by atoms with Crippen molar-refractivity contribution in [3.05, 3.63) is 46.0 Å². The van der Waals surface area contributed by atoms with Gasteiger partial charge in [-0.1, -0.05) is 12.2 Å². The van der Waals surface area contributed by atoms with Gasteiger partial charge in [-0.05, 0) is 6.42 Å². The number of nitrogens with zero attached hydrogens (tertiary/aromatic N) is 1. The number of carbonyl (C=O) groups is 1. The Morgan fingerprint density at radius 3 is 2.65 bits per heavy atom. The topological polar surface area (TPSA) is 98.3 Å². The summed E-state index contributed by atoms with van der Waals surface area (Å²) in [5, 5.41) is 12.9. The highest BCUT2D eigenvalue weighted by molar-refractivity contribution is 5.96. The highest BCUT2D eigenvalue weighted by atomic mass is 19.1. The first-order valence-corrected chi connectivity index (χ1v) is 5.76. The Kier molecular flexibility index (Phi) is 3.75. The number of nitro benzene ring substituents is 1. The second-order valence-corrected chi connectivity index (χ2v) is 4.42. The van der Waals surface area contributed by atoms with Crippen molar-refractivity contribution in [2.24, 2.45) is 11.7 Å². The minimum atomic E-state index is -1.20. The molecule has 1 aliphatic rings. The van der Waals surface area contributed by atoms with Gasteiger partial charge in [-0.2, -0.15) is 0 Å². The third kappa shape index (κ3) is 2.80. The summed E-state index contributed by atoms with van der Waals surface area (Å²) in [6.07, 6.45) is 3.51. The van der Waals surface area contributed by atoms with Crippen LogP contribution in [0.4, 0.5) is 20.2 Å². The zero-order valence-corrected chi connectivity index (χ0v) is 10.2. The van der Waals surface area contributed by atoms with E-state index in [1.165, 1.54) is 0 Å². The molecule has 1 aromatic carbocycles. The fraction of sp³-hybridized carbons (Fsp3) is 0.250. The quantitative estimate of drug-likeness (QED) is 0.501. The Morgan fingerprint density at radius 1 is 1.40 bits per heavy atom. The first kappa shape index (κ1) is 14.1. The summed E-state index contributed by atoms with van der Waals surface area (Å²) in [4.78, 5) is 21.7. The zero-order chi connectivity index (χ0) is 14.9. The first-order chi connectivity index (χ1) is 9.38. The minimum Gasteiger partial charge on any atom is -0.324 e. The maximum Gasteiger partial charge on any atom is 0.298 e. The number of hydrogen-bond donors (Lipinski definition) is 2. The Bertz CT molecular complexity index is 604. The van der Waals surface area contributed by atoms with Gasteiger partial charge in [-0.15, -0.1) is 0 Å². The van der Waals surface area contributed by atoms with E-state index in [0.717, 1.165) is 0 Å². The van der Waals surface area contributed by atoms with Gasteiger partial charge in [0.2, 0.25) is 5.91 Å². The summed E-state index contributed by atoms with van der Waals surface area (Å²) in [7, 11) is 0. The number of rotatable bonds is 3. The predicted octanol–water partition coefficient (Wildman–Crippen LogP) is 1.71. The SMILES string of the molecule is NC1C=CC(C(=O)Nc2c(F)cc(F)cc2[N+](=O)[O-])C1. The van der Waals surface area contributed by atoms with Crippen molar-refractivity contribution in [2.45, 2.75) is 12.5 Å². The number of nitro groups is 1. The van der Waals surface area contributed by atoms with Gasteiger partial charge in [-0.25, -0.2) is 8.78 Å². The van der Waals surface area contributed by atoms with E-state index in [-0.39, 0.29) is 6.04 Å². The Hall–Kier alpha value is -2.35. The van der Waals surface area contributed by atoms with Gasteiger partial charge >= 0.3 is 0 Å². The number of halogens is 2. The first-order valence-electron chi connectivity index (χ1n) is 5.76. The van der Waals surface area contributed by atoms with Gasteiger partial charge in [0.25, 0.3) is 5.69 Å². The second-order valence-electron chi connectivity index (χ2n) is 4.42. The molecule has 0 spiro atoms. The lowest BCUT2D eigenvalue weighted by Crippen LogP contribution is -2.24. The maximum absolute atomic E-state index is 13.6. The van der Waals surface area contributed by atoms with Crippen LogP contribution >= 0.6 is 0 Å². The van der Waals surface area contributed by atoms with Crippen LogP contribution in [0.1, 0.15) is 6.42 Å². The summed E-state index contributed by atoms with van der Waals surface area (Å²) in [5.74, 6) is -3.50. The molecule has 0 aliphatic heterocycles. The number of hydrogen-bond acceptors (Lipinski definition) is 4. The van der Waals surface area contributed by atoms with Gasteiger partial charge in [0, 0.05) is 12.1 Å². The van der Waals surface area contributed by atoms with E-state index in [1.54, 1.807) is 12.2 Å². The van der Waals surface area contributed by atoms with Crippen LogP contribution < -0.4 is 11.1 Å². The van der Waals surface area contributed by atoms with E-state index in [4.69, 9.17) is 5.73 Å². The molecule has 3 N–H and O–H groups in total. The summed E-state index contributed by atoms with van der Waals surface area (Å²) in [5.41, 5.74) is 4.11. The molecule has 2 rings (SSSR count). The third-order valence-electron chi connectivity index (χ3n) is 2.93. The number of nitrogens with one attached hydrogen (secondary N) is 1. The molecule has 0 saturated heterocycles. The van der Waals surface area contributed by atoms with Gasteiger partial charge in [-0.3, -0.25) is 14.9 Å². The van der Waals surface area contributed by atoms with Crippen molar-refractivity contribution < 1.29 is 18.5 Å². The molecule has 1 aliphatic carbocycles. The van der Waals surface area contributed by atoms with Crippen molar-refractivity contribution in [1.29, 1.82) is 0 Å². The molecular weight excluding hydrogens is 272 g/mol. The normalized spacial score (nSPS) is 20.9. The number of carbonyl (C=O) groups excluding carboxylic acids is 1.